The van der Waals surface area contributed by atoms with Crippen LogP contribution in [0.1, 0.15) is 11.3 Å². The number of thioether (sulfide) groups is 1. The Morgan fingerprint density at radius 3 is 3.19 bits per heavy atom. The van der Waals surface area contributed by atoms with Gasteiger partial charge in [0, 0.05) is 23.6 Å². The maximum absolute atomic E-state index is 5.48. The molecule has 3 heterocycles. The van der Waals surface area contributed by atoms with E-state index in [-0.39, 0.29) is 0 Å². The fraction of sp³-hybridized carbons (Fsp3) is 0.200. The molecule has 0 saturated carbocycles. The minimum Gasteiger partial charge on any atom is -0.467 e. The van der Waals surface area contributed by atoms with Crippen LogP contribution in [-0.2, 0) is 17.1 Å². The van der Waals surface area contributed by atoms with Crippen LogP contribution in [0.2, 0.25) is 0 Å². The van der Waals surface area contributed by atoms with Crippen molar-refractivity contribution in [3.05, 3.63) is 47.8 Å². The summed E-state index contributed by atoms with van der Waals surface area (Å²) < 4.78 is 10.8. The van der Waals surface area contributed by atoms with Crippen molar-refractivity contribution in [3.8, 4) is 5.75 Å². The topological polar surface area (TPSA) is 60.0 Å². The largest absolute Gasteiger partial charge is 0.467 e. The Balaban J connectivity index is 1.59. The Hall–Kier alpha value is -2.05. The van der Waals surface area contributed by atoms with Crippen LogP contribution in [-0.4, -0.2) is 21.7 Å². The number of benzene rings is 1. The molecule has 1 N–H and O–H groups in total. The molecule has 0 unspecified atom stereocenters. The van der Waals surface area contributed by atoms with E-state index in [4.69, 9.17) is 9.47 Å². The summed E-state index contributed by atoms with van der Waals surface area (Å²) in [4.78, 5) is 12.2. The van der Waals surface area contributed by atoms with Gasteiger partial charge in [0.15, 0.2) is 11.9 Å². The number of hydrogen-bond acceptors (Lipinski definition) is 5. The summed E-state index contributed by atoms with van der Waals surface area (Å²) >= 11 is 1.64. The van der Waals surface area contributed by atoms with Crippen molar-refractivity contribution in [3.63, 3.8) is 0 Å². The lowest BCUT2D eigenvalue weighted by atomic mass is 10.2. The molecule has 2 aromatic heterocycles. The highest BCUT2D eigenvalue weighted by Gasteiger charge is 2.14. The number of H-pyrrole nitrogens is 1. The second-order valence-electron chi connectivity index (χ2n) is 4.74. The third-order valence-electron chi connectivity index (χ3n) is 3.28. The molecule has 4 rings (SSSR count). The predicted octanol–water partition coefficient (Wildman–Crippen LogP) is 3.12. The van der Waals surface area contributed by atoms with Crippen molar-refractivity contribution >= 4 is 22.8 Å². The first kappa shape index (κ1) is 12.7. The molecule has 0 bridgehead atoms. The molecule has 0 saturated heterocycles. The van der Waals surface area contributed by atoms with Gasteiger partial charge in [-0.2, -0.15) is 0 Å². The molecular weight excluding hydrogens is 286 g/mol. The molecule has 0 atom stereocenters. The maximum Gasteiger partial charge on any atom is 0.189 e. The zero-order valence-electron chi connectivity index (χ0n) is 11.2. The zero-order chi connectivity index (χ0) is 14.1. The number of fused-ring (bicyclic) bond motifs is 2. The molecule has 106 valence electrons. The molecule has 1 aliphatic heterocycles. The smallest absolute Gasteiger partial charge is 0.189 e. The van der Waals surface area contributed by atoms with Gasteiger partial charge in [0.1, 0.15) is 5.75 Å². The Morgan fingerprint density at radius 1 is 1.29 bits per heavy atom. The van der Waals surface area contributed by atoms with Crippen LogP contribution in [0.3, 0.4) is 0 Å². The van der Waals surface area contributed by atoms with Crippen LogP contribution in [0, 0.1) is 0 Å². The normalized spacial score (nSPS) is 13.9. The number of hydrogen-bond donors (Lipinski definition) is 1. The molecule has 1 aliphatic rings. The lowest BCUT2D eigenvalue weighted by Gasteiger charge is -2.16. The Kier molecular flexibility index (Phi) is 3.25. The number of pyridine rings is 1. The van der Waals surface area contributed by atoms with Crippen LogP contribution in [0.15, 0.2) is 41.7 Å². The van der Waals surface area contributed by atoms with Gasteiger partial charge < -0.3 is 14.5 Å². The minimum absolute atomic E-state index is 0.310. The molecular formula is C15H13N3O2S. The highest BCUT2D eigenvalue weighted by atomic mass is 32.2. The zero-order valence-corrected chi connectivity index (χ0v) is 12.0. The van der Waals surface area contributed by atoms with E-state index >= 15 is 0 Å². The van der Waals surface area contributed by atoms with E-state index < -0.39 is 0 Å². The van der Waals surface area contributed by atoms with Crippen LogP contribution >= 0.6 is 11.8 Å². The van der Waals surface area contributed by atoms with E-state index in [9.17, 15) is 0 Å². The van der Waals surface area contributed by atoms with Crippen molar-refractivity contribution in [2.45, 2.75) is 17.5 Å². The van der Waals surface area contributed by atoms with Gasteiger partial charge in [0.05, 0.1) is 23.3 Å². The van der Waals surface area contributed by atoms with Crippen LogP contribution in [0.5, 0.6) is 5.75 Å². The van der Waals surface area contributed by atoms with E-state index in [0.717, 1.165) is 38.9 Å². The Morgan fingerprint density at radius 2 is 2.29 bits per heavy atom. The quantitative estimate of drug-likeness (QED) is 0.753. The molecule has 0 amide bonds. The van der Waals surface area contributed by atoms with Gasteiger partial charge in [0.25, 0.3) is 0 Å². The van der Waals surface area contributed by atoms with Crippen molar-refractivity contribution in [1.82, 2.24) is 15.0 Å². The fourth-order valence-corrected chi connectivity index (χ4v) is 3.06. The molecule has 0 aliphatic carbocycles. The Bertz CT molecular complexity index is 730. The number of imidazole rings is 1. The van der Waals surface area contributed by atoms with Crippen LogP contribution < -0.4 is 4.74 Å². The van der Waals surface area contributed by atoms with Crippen LogP contribution in [0.25, 0.3) is 11.0 Å². The number of aromatic amines is 1. The average Bonchev–Trinajstić information content (AvgIpc) is 2.93. The lowest BCUT2D eigenvalue weighted by molar-refractivity contribution is -0.0161. The van der Waals surface area contributed by atoms with Gasteiger partial charge >= 0.3 is 0 Å². The fourth-order valence-electron chi connectivity index (χ4n) is 2.26. The predicted molar refractivity (Wildman–Crippen MR) is 80.2 cm³/mol. The maximum atomic E-state index is 5.48. The van der Waals surface area contributed by atoms with E-state index in [1.165, 1.54) is 0 Å². The number of nitrogens with one attached hydrogen (secondary N) is 1. The van der Waals surface area contributed by atoms with Gasteiger partial charge in [0.2, 0.25) is 0 Å². The Labute approximate surface area is 125 Å². The highest BCUT2D eigenvalue weighted by molar-refractivity contribution is 7.98. The highest BCUT2D eigenvalue weighted by Crippen LogP contribution is 2.30. The van der Waals surface area contributed by atoms with Gasteiger partial charge in [-0.3, -0.25) is 4.98 Å². The van der Waals surface area contributed by atoms with Crippen molar-refractivity contribution < 1.29 is 9.47 Å². The number of ether oxygens (including phenoxy) is 2. The summed E-state index contributed by atoms with van der Waals surface area (Å²) in [5.41, 5.74) is 4.02. The summed E-state index contributed by atoms with van der Waals surface area (Å²) in [6, 6.07) is 9.94. The van der Waals surface area contributed by atoms with Gasteiger partial charge in [-0.15, -0.1) is 0 Å². The molecule has 1 aromatic carbocycles. The lowest BCUT2D eigenvalue weighted by Crippen LogP contribution is -2.10. The number of nitrogens with zero attached hydrogens (tertiary/aromatic N) is 2. The van der Waals surface area contributed by atoms with Crippen LogP contribution in [0.4, 0.5) is 0 Å². The molecule has 3 aromatic rings. The van der Waals surface area contributed by atoms with Gasteiger partial charge in [-0.25, -0.2) is 4.98 Å². The monoisotopic (exact) mass is 299 g/mol. The first-order valence-corrected chi connectivity index (χ1v) is 7.63. The average molecular weight is 299 g/mol. The second-order valence-corrected chi connectivity index (χ2v) is 5.70. The van der Waals surface area contributed by atoms with E-state index in [1.54, 1.807) is 18.0 Å². The van der Waals surface area contributed by atoms with E-state index in [1.807, 2.05) is 30.3 Å². The van der Waals surface area contributed by atoms with E-state index in [2.05, 4.69) is 15.0 Å². The molecule has 0 spiro atoms. The molecule has 5 nitrogen and oxygen atoms in total. The van der Waals surface area contributed by atoms with Crippen molar-refractivity contribution in [2.24, 2.45) is 0 Å². The minimum atomic E-state index is 0.310. The van der Waals surface area contributed by atoms with Gasteiger partial charge in [-0.1, -0.05) is 17.8 Å². The van der Waals surface area contributed by atoms with Crippen molar-refractivity contribution in [1.29, 1.82) is 0 Å². The van der Waals surface area contributed by atoms with Gasteiger partial charge in [-0.05, 0) is 18.2 Å². The summed E-state index contributed by atoms with van der Waals surface area (Å²) in [5, 5.41) is 0.888. The third kappa shape index (κ3) is 2.59. The first-order chi connectivity index (χ1) is 10.4. The molecule has 21 heavy (non-hydrogen) atoms. The summed E-state index contributed by atoms with van der Waals surface area (Å²) in [6.07, 6.45) is 1.81. The standard InChI is InChI=1S/C15H13N3O2S/c1-2-4-16-11(3-1)8-21-15-17-12-5-10-7-19-9-20-14(10)6-13(12)18-15/h1-6H,7-9H2,(H,17,18). The van der Waals surface area contributed by atoms with E-state index in [0.29, 0.717) is 13.4 Å². The third-order valence-corrected chi connectivity index (χ3v) is 4.19. The molecule has 6 heteroatoms. The first-order valence-electron chi connectivity index (χ1n) is 6.64. The summed E-state index contributed by atoms with van der Waals surface area (Å²) in [6.45, 7) is 0.894. The summed E-state index contributed by atoms with van der Waals surface area (Å²) in [5.74, 6) is 1.65. The number of aromatic nitrogens is 3. The SMILES string of the molecule is c1ccc(CSc2nc3cc4c(cc3[nH]2)COCO4)nc1. The summed E-state index contributed by atoms with van der Waals surface area (Å²) in [7, 11) is 0. The second kappa shape index (κ2) is 5.38. The molecule has 0 radical (unpaired) electrons. The number of rotatable bonds is 3. The van der Waals surface area contributed by atoms with Crippen molar-refractivity contribution in [2.75, 3.05) is 6.79 Å². The molecule has 0 fully saturated rings.